The fourth-order valence-electron chi connectivity index (χ4n) is 2.94. The summed E-state index contributed by atoms with van der Waals surface area (Å²) in [6, 6.07) is 18.8. The second-order valence-corrected chi connectivity index (χ2v) is 6.35. The first-order valence-corrected chi connectivity index (χ1v) is 9.34. The molecule has 0 saturated heterocycles. The van der Waals surface area contributed by atoms with Gasteiger partial charge in [0.25, 0.3) is 5.91 Å². The standard InChI is InChI=1S/C22H27NO4/c1-2-3-17-27-22(18-11-6-4-7-12-18,19-13-8-5-9-14-19)21(26)23-16-10-15-20(24)25/h4-9,11-14H,2-3,10,15-17H2,1H3,(H,23,26)(H,24,25)/p-1. The summed E-state index contributed by atoms with van der Waals surface area (Å²) in [5, 5.41) is 13.5. The summed E-state index contributed by atoms with van der Waals surface area (Å²) in [6.45, 7) is 2.74. The van der Waals surface area contributed by atoms with Crippen LogP contribution in [0.15, 0.2) is 60.7 Å². The highest BCUT2D eigenvalue weighted by atomic mass is 16.5. The van der Waals surface area contributed by atoms with Crippen molar-refractivity contribution in [2.75, 3.05) is 13.2 Å². The van der Waals surface area contributed by atoms with E-state index in [9.17, 15) is 14.7 Å². The summed E-state index contributed by atoms with van der Waals surface area (Å²) < 4.78 is 6.24. The van der Waals surface area contributed by atoms with Gasteiger partial charge in [0.05, 0.1) is 0 Å². The van der Waals surface area contributed by atoms with E-state index in [4.69, 9.17) is 4.74 Å². The van der Waals surface area contributed by atoms with Crippen molar-refractivity contribution in [1.29, 1.82) is 0 Å². The Morgan fingerprint density at radius 2 is 1.52 bits per heavy atom. The number of carboxylic acid groups (broad SMARTS) is 1. The van der Waals surface area contributed by atoms with Gasteiger partial charge in [-0.15, -0.1) is 0 Å². The normalized spacial score (nSPS) is 11.1. The average Bonchev–Trinajstić information content (AvgIpc) is 2.70. The largest absolute Gasteiger partial charge is 0.550 e. The second kappa shape index (κ2) is 10.5. The van der Waals surface area contributed by atoms with Gasteiger partial charge in [0.1, 0.15) is 0 Å². The van der Waals surface area contributed by atoms with E-state index in [1.54, 1.807) is 0 Å². The predicted octanol–water partition coefficient (Wildman–Crippen LogP) is 2.39. The Bertz CT molecular complexity index is 676. The lowest BCUT2D eigenvalue weighted by atomic mass is 9.85. The number of unbranched alkanes of at least 4 members (excludes halogenated alkanes) is 1. The summed E-state index contributed by atoms with van der Waals surface area (Å²) in [5.41, 5.74) is 0.202. The predicted molar refractivity (Wildman–Crippen MR) is 102 cm³/mol. The smallest absolute Gasteiger partial charge is 0.261 e. The number of benzene rings is 2. The van der Waals surface area contributed by atoms with Crippen molar-refractivity contribution < 1.29 is 19.4 Å². The van der Waals surface area contributed by atoms with Gasteiger partial charge in [0, 0.05) is 19.1 Å². The molecule has 0 spiro atoms. The first kappa shape index (κ1) is 20.6. The molecule has 1 amide bonds. The van der Waals surface area contributed by atoms with E-state index in [0.29, 0.717) is 13.0 Å². The molecular weight excluding hydrogens is 342 g/mol. The monoisotopic (exact) mass is 368 g/mol. The van der Waals surface area contributed by atoms with Gasteiger partial charge in [-0.1, -0.05) is 74.0 Å². The Morgan fingerprint density at radius 1 is 0.963 bits per heavy atom. The summed E-state index contributed by atoms with van der Waals surface area (Å²) in [6.07, 6.45) is 2.00. The van der Waals surface area contributed by atoms with Gasteiger partial charge < -0.3 is 20.0 Å². The zero-order valence-electron chi connectivity index (χ0n) is 15.6. The van der Waals surface area contributed by atoms with Crippen LogP contribution in [0.2, 0.25) is 0 Å². The van der Waals surface area contributed by atoms with Gasteiger partial charge in [-0.3, -0.25) is 4.79 Å². The fraction of sp³-hybridized carbons (Fsp3) is 0.364. The van der Waals surface area contributed by atoms with Crippen molar-refractivity contribution in [3.8, 4) is 0 Å². The van der Waals surface area contributed by atoms with E-state index in [1.807, 2.05) is 60.7 Å². The maximum absolute atomic E-state index is 13.3. The van der Waals surface area contributed by atoms with Crippen LogP contribution < -0.4 is 10.4 Å². The molecule has 5 heteroatoms. The highest BCUT2D eigenvalue weighted by Gasteiger charge is 2.43. The van der Waals surface area contributed by atoms with Crippen molar-refractivity contribution >= 4 is 11.9 Å². The number of carboxylic acids is 1. The number of hydrogen-bond acceptors (Lipinski definition) is 4. The quantitative estimate of drug-likeness (QED) is 0.618. The van der Waals surface area contributed by atoms with Crippen LogP contribution >= 0.6 is 0 Å². The number of nitrogens with one attached hydrogen (secondary N) is 1. The van der Waals surface area contributed by atoms with E-state index in [0.717, 1.165) is 24.0 Å². The van der Waals surface area contributed by atoms with Crippen molar-refractivity contribution in [2.24, 2.45) is 0 Å². The van der Waals surface area contributed by atoms with E-state index in [2.05, 4.69) is 12.2 Å². The third-order valence-corrected chi connectivity index (χ3v) is 4.34. The molecule has 0 saturated carbocycles. The van der Waals surface area contributed by atoms with Crippen LogP contribution in [0, 0.1) is 0 Å². The van der Waals surface area contributed by atoms with Gasteiger partial charge in [-0.05, 0) is 30.4 Å². The molecule has 5 nitrogen and oxygen atoms in total. The van der Waals surface area contributed by atoms with E-state index >= 15 is 0 Å². The number of aliphatic carboxylic acids is 1. The average molecular weight is 368 g/mol. The number of ether oxygens (including phenoxy) is 1. The van der Waals surface area contributed by atoms with Crippen LogP contribution in [0.25, 0.3) is 0 Å². The van der Waals surface area contributed by atoms with E-state index in [1.165, 1.54) is 0 Å². The van der Waals surface area contributed by atoms with Gasteiger partial charge in [-0.2, -0.15) is 0 Å². The van der Waals surface area contributed by atoms with Crippen molar-refractivity contribution in [3.05, 3.63) is 71.8 Å². The first-order valence-electron chi connectivity index (χ1n) is 9.34. The molecule has 0 aliphatic rings. The van der Waals surface area contributed by atoms with Gasteiger partial charge in [0.2, 0.25) is 0 Å². The van der Waals surface area contributed by atoms with Crippen molar-refractivity contribution in [2.45, 2.75) is 38.2 Å². The topological polar surface area (TPSA) is 78.5 Å². The molecule has 27 heavy (non-hydrogen) atoms. The molecule has 0 unspecified atom stereocenters. The molecule has 0 atom stereocenters. The van der Waals surface area contributed by atoms with Crippen LogP contribution in [-0.4, -0.2) is 25.0 Å². The second-order valence-electron chi connectivity index (χ2n) is 6.35. The number of amides is 1. The number of carbonyl (C=O) groups is 2. The number of rotatable bonds is 11. The Kier molecular flexibility index (Phi) is 8.01. The minimum Gasteiger partial charge on any atom is -0.550 e. The van der Waals surface area contributed by atoms with Gasteiger partial charge >= 0.3 is 0 Å². The van der Waals surface area contributed by atoms with Crippen LogP contribution in [0.1, 0.15) is 43.7 Å². The van der Waals surface area contributed by atoms with Crippen LogP contribution in [0.5, 0.6) is 0 Å². The minimum atomic E-state index is -1.28. The molecule has 0 aromatic heterocycles. The van der Waals surface area contributed by atoms with E-state index < -0.39 is 11.6 Å². The lowest BCUT2D eigenvalue weighted by Crippen LogP contribution is -2.48. The molecule has 0 aliphatic carbocycles. The lowest BCUT2D eigenvalue weighted by Gasteiger charge is -2.34. The summed E-state index contributed by atoms with van der Waals surface area (Å²) in [4.78, 5) is 23.9. The highest BCUT2D eigenvalue weighted by molar-refractivity contribution is 5.90. The summed E-state index contributed by atoms with van der Waals surface area (Å²) >= 11 is 0. The van der Waals surface area contributed by atoms with Crippen LogP contribution in [0.3, 0.4) is 0 Å². The summed E-state index contributed by atoms with van der Waals surface area (Å²) in [5.74, 6) is -1.42. The maximum Gasteiger partial charge on any atom is 0.261 e. The molecule has 2 aromatic carbocycles. The molecule has 0 heterocycles. The van der Waals surface area contributed by atoms with Crippen LogP contribution in [0.4, 0.5) is 0 Å². The minimum absolute atomic E-state index is 0.0966. The zero-order chi connectivity index (χ0) is 19.5. The van der Waals surface area contributed by atoms with Crippen molar-refractivity contribution in [1.82, 2.24) is 5.32 Å². The Balaban J connectivity index is 2.38. The molecule has 144 valence electrons. The number of carbonyl (C=O) groups excluding carboxylic acids is 2. The Morgan fingerprint density at radius 3 is 2.00 bits per heavy atom. The molecule has 2 aromatic rings. The molecule has 1 N–H and O–H groups in total. The Labute approximate surface area is 160 Å². The summed E-state index contributed by atoms with van der Waals surface area (Å²) in [7, 11) is 0. The van der Waals surface area contributed by atoms with Crippen LogP contribution in [-0.2, 0) is 19.9 Å². The lowest BCUT2D eigenvalue weighted by molar-refractivity contribution is -0.305. The van der Waals surface area contributed by atoms with Gasteiger partial charge in [-0.25, -0.2) is 0 Å². The maximum atomic E-state index is 13.3. The zero-order valence-corrected chi connectivity index (χ0v) is 15.6. The first-order chi connectivity index (χ1) is 13.1. The molecular formula is C22H26NO4-. The highest BCUT2D eigenvalue weighted by Crippen LogP contribution is 2.34. The third kappa shape index (κ3) is 5.41. The fourth-order valence-corrected chi connectivity index (χ4v) is 2.94. The molecule has 0 fully saturated rings. The Hall–Kier alpha value is -2.66. The van der Waals surface area contributed by atoms with E-state index in [-0.39, 0.29) is 18.9 Å². The molecule has 2 rings (SSSR count). The third-order valence-electron chi connectivity index (χ3n) is 4.34. The molecule has 0 radical (unpaired) electrons. The molecule has 0 aliphatic heterocycles. The number of hydrogen-bond donors (Lipinski definition) is 1. The SMILES string of the molecule is CCCCOC(C(=O)NCCCC(=O)[O-])(c1ccccc1)c1ccccc1. The molecule has 0 bridgehead atoms. The van der Waals surface area contributed by atoms with Gasteiger partial charge in [0.15, 0.2) is 5.60 Å². The van der Waals surface area contributed by atoms with Crippen molar-refractivity contribution in [3.63, 3.8) is 0 Å².